The maximum absolute atomic E-state index is 12.2. The topological polar surface area (TPSA) is 95.0 Å². The second kappa shape index (κ2) is 15.8. The number of nitrogens with zero attached hydrogens (tertiary/aromatic N) is 5. The van der Waals surface area contributed by atoms with E-state index in [1.165, 1.54) is 5.56 Å². The molecule has 0 spiro atoms. The largest absolute Gasteiger partial charge is 0.345 e. The zero-order chi connectivity index (χ0) is 28.9. The first-order valence-corrected chi connectivity index (χ1v) is 13.8. The first kappa shape index (κ1) is 31.7. The van der Waals surface area contributed by atoms with Crippen molar-refractivity contribution < 1.29 is 4.79 Å². The molecule has 2 aromatic rings. The van der Waals surface area contributed by atoms with Crippen LogP contribution in [-0.4, -0.2) is 78.2 Å². The van der Waals surface area contributed by atoms with E-state index in [1.54, 1.807) is 32.3 Å². The number of aromatic amines is 1. The quantitative estimate of drug-likeness (QED) is 0.535. The summed E-state index contributed by atoms with van der Waals surface area (Å²) in [7, 11) is 7.34. The van der Waals surface area contributed by atoms with Crippen LogP contribution in [0.25, 0.3) is 12.3 Å². The van der Waals surface area contributed by atoms with Gasteiger partial charge in [-0.3, -0.25) is 24.4 Å². The fourth-order valence-electron chi connectivity index (χ4n) is 4.60. The number of aromatic nitrogens is 2. The van der Waals surface area contributed by atoms with E-state index in [1.807, 2.05) is 56.9 Å². The molecule has 0 bridgehead atoms. The van der Waals surface area contributed by atoms with Gasteiger partial charge in [0.15, 0.2) is 0 Å². The number of rotatable bonds is 7. The monoisotopic (exact) mass is 533 g/mol. The average Bonchev–Trinajstić information content (AvgIpc) is 2.96. The van der Waals surface area contributed by atoms with Crippen molar-refractivity contribution >= 4 is 30.1 Å². The van der Waals surface area contributed by atoms with E-state index in [0.29, 0.717) is 12.5 Å². The summed E-state index contributed by atoms with van der Waals surface area (Å²) in [4.78, 5) is 25.2. The standard InChI is InChI=1S/C29H41N7O.C2H6/c1-21-19-26(35(6)33-15-11-27(21)28(22(2)31-3)32-16-14-30)20-36-17-12-24(13-18-36)23-7-9-25(10-8-23)29(37)34(4)5;1-2/h7-11,15-16,19,24,33H,1,12-14,17-18,20,30H2,2-6H3;1-2H3/b15-11?,26-19?,28-27-,31-22?,32-16?;. The highest BCUT2D eigenvalue weighted by molar-refractivity contribution is 6.17. The Labute approximate surface area is 233 Å². The molecule has 2 heterocycles. The minimum absolute atomic E-state index is 0.0384. The summed E-state index contributed by atoms with van der Waals surface area (Å²) in [6.45, 7) is 13.5. The molecule has 1 aliphatic heterocycles. The van der Waals surface area contributed by atoms with E-state index < -0.39 is 0 Å². The minimum atomic E-state index is 0.0384. The Hall–Kier alpha value is -3.49. The van der Waals surface area contributed by atoms with Gasteiger partial charge in [0.25, 0.3) is 5.91 Å². The van der Waals surface area contributed by atoms with Gasteiger partial charge in [0.2, 0.25) is 0 Å². The number of piperidine rings is 1. The third-order valence-corrected chi connectivity index (χ3v) is 6.90. The minimum Gasteiger partial charge on any atom is -0.345 e. The molecule has 1 aromatic heterocycles. The number of hydrogen-bond acceptors (Lipinski definition) is 5. The predicted molar refractivity (Wildman–Crippen MR) is 165 cm³/mol. The number of nitrogens with two attached hydrogens (primary N) is 1. The average molecular weight is 534 g/mol. The van der Waals surface area contributed by atoms with Gasteiger partial charge in [-0.15, -0.1) is 0 Å². The lowest BCUT2D eigenvalue weighted by molar-refractivity contribution is 0.0827. The highest BCUT2D eigenvalue weighted by Crippen LogP contribution is 2.28. The third kappa shape index (κ3) is 8.76. The normalized spacial score (nSPS) is 15.4. The number of amides is 1. The molecule has 8 nitrogen and oxygen atoms in total. The summed E-state index contributed by atoms with van der Waals surface area (Å²) in [6, 6.07) is 12.2. The Morgan fingerprint density at radius 1 is 1.18 bits per heavy atom. The summed E-state index contributed by atoms with van der Waals surface area (Å²) >= 11 is 0. The van der Waals surface area contributed by atoms with Gasteiger partial charge in [0.05, 0.1) is 11.4 Å². The number of benzene rings is 1. The zero-order valence-electron chi connectivity index (χ0n) is 24.9. The molecule has 0 aliphatic carbocycles. The van der Waals surface area contributed by atoms with Gasteiger partial charge in [-0.1, -0.05) is 32.6 Å². The van der Waals surface area contributed by atoms with E-state index in [4.69, 9.17) is 5.73 Å². The van der Waals surface area contributed by atoms with Crippen molar-refractivity contribution in [3.05, 3.63) is 69.9 Å². The van der Waals surface area contributed by atoms with Crippen LogP contribution >= 0.6 is 0 Å². The molecule has 3 rings (SSSR count). The van der Waals surface area contributed by atoms with Gasteiger partial charge in [-0.25, -0.2) is 0 Å². The van der Waals surface area contributed by atoms with Gasteiger partial charge in [-0.2, -0.15) is 0 Å². The molecule has 1 fully saturated rings. The van der Waals surface area contributed by atoms with Crippen molar-refractivity contribution in [2.45, 2.75) is 46.1 Å². The smallest absolute Gasteiger partial charge is 0.253 e. The lowest BCUT2D eigenvalue weighted by Gasteiger charge is -2.32. The molecule has 0 saturated carbocycles. The molecular formula is C31H47N7O. The molecule has 8 heteroatoms. The predicted octanol–water partition coefficient (Wildman–Crippen LogP) is 3.22. The van der Waals surface area contributed by atoms with Gasteiger partial charge < -0.3 is 15.7 Å². The molecule has 0 atom stereocenters. The van der Waals surface area contributed by atoms with Crippen LogP contribution in [0, 0.1) is 0 Å². The summed E-state index contributed by atoms with van der Waals surface area (Å²) in [5, 5.41) is 5.14. The Kier molecular flexibility index (Phi) is 12.9. The van der Waals surface area contributed by atoms with Crippen molar-refractivity contribution in [2.75, 3.05) is 40.8 Å². The molecule has 39 heavy (non-hydrogen) atoms. The van der Waals surface area contributed by atoms with E-state index in [0.717, 1.165) is 65.6 Å². The lowest BCUT2D eigenvalue weighted by Crippen LogP contribution is -2.34. The van der Waals surface area contributed by atoms with Crippen LogP contribution in [0.4, 0.5) is 0 Å². The second-order valence-corrected chi connectivity index (χ2v) is 9.67. The second-order valence-electron chi connectivity index (χ2n) is 9.67. The Morgan fingerprint density at radius 3 is 2.38 bits per heavy atom. The lowest BCUT2D eigenvalue weighted by atomic mass is 9.89. The molecular weight excluding hydrogens is 486 g/mol. The first-order valence-electron chi connectivity index (χ1n) is 13.8. The molecule has 1 amide bonds. The van der Waals surface area contributed by atoms with Gasteiger partial charge >= 0.3 is 0 Å². The van der Waals surface area contributed by atoms with Gasteiger partial charge in [0.1, 0.15) is 0 Å². The Balaban J connectivity index is 0.00000260. The summed E-state index contributed by atoms with van der Waals surface area (Å²) < 4.78 is 2.04. The van der Waals surface area contributed by atoms with Crippen molar-refractivity contribution in [3.8, 4) is 0 Å². The highest BCUT2D eigenvalue weighted by atomic mass is 16.2. The zero-order valence-corrected chi connectivity index (χ0v) is 24.9. The van der Waals surface area contributed by atoms with Crippen LogP contribution in [0.5, 0.6) is 0 Å². The van der Waals surface area contributed by atoms with Crippen molar-refractivity contribution in [3.63, 3.8) is 0 Å². The third-order valence-electron chi connectivity index (χ3n) is 6.90. The maximum Gasteiger partial charge on any atom is 0.253 e. The van der Waals surface area contributed by atoms with Crippen molar-refractivity contribution in [1.29, 1.82) is 0 Å². The molecule has 1 aromatic carbocycles. The van der Waals surface area contributed by atoms with Crippen LogP contribution in [0.1, 0.15) is 61.1 Å². The molecule has 3 N–H and O–H groups in total. The van der Waals surface area contributed by atoms with Crippen molar-refractivity contribution in [2.24, 2.45) is 22.8 Å². The molecule has 0 radical (unpaired) electrons. The number of nitrogens with one attached hydrogen (secondary N) is 1. The highest BCUT2D eigenvalue weighted by Gasteiger charge is 2.21. The number of carbonyl (C=O) groups is 1. The van der Waals surface area contributed by atoms with Crippen LogP contribution in [0.15, 0.2) is 52.6 Å². The number of carbonyl (C=O) groups excluding carboxylic acids is 1. The SMILES string of the molecule is C=c1cc(CN2CCC(c3ccc(C(=O)N(C)C)cc3)CC2)n(C)[nH]cc/c1=C(/N=CCN)C(C)=NC.CC. The fraction of sp³-hybridized carbons (Fsp3) is 0.452. The molecule has 1 saturated heterocycles. The number of hydrogen-bond donors (Lipinski definition) is 2. The first-order chi connectivity index (χ1) is 18.7. The number of aryl methyl sites for hydroxylation is 1. The number of likely N-dealkylation sites (tertiary alicyclic amines) is 1. The Bertz CT molecular complexity index is 1290. The maximum atomic E-state index is 12.2. The van der Waals surface area contributed by atoms with Crippen LogP contribution < -0.4 is 16.2 Å². The summed E-state index contributed by atoms with van der Waals surface area (Å²) in [6.07, 6.45) is 5.77. The number of H-pyrrole nitrogens is 1. The van der Waals surface area contributed by atoms with Crippen molar-refractivity contribution in [1.82, 2.24) is 19.6 Å². The van der Waals surface area contributed by atoms with E-state index in [9.17, 15) is 4.79 Å². The van der Waals surface area contributed by atoms with Gasteiger partial charge in [-0.05, 0) is 73.8 Å². The van der Waals surface area contributed by atoms with E-state index in [2.05, 4.69) is 44.8 Å². The van der Waals surface area contributed by atoms with Gasteiger partial charge in [0, 0.05) is 70.2 Å². The molecule has 212 valence electrons. The van der Waals surface area contributed by atoms with Crippen LogP contribution in [0.2, 0.25) is 0 Å². The fourth-order valence-corrected chi connectivity index (χ4v) is 4.60. The van der Waals surface area contributed by atoms with E-state index >= 15 is 0 Å². The molecule has 0 unspecified atom stereocenters. The summed E-state index contributed by atoms with van der Waals surface area (Å²) in [5.74, 6) is 0.546. The van der Waals surface area contributed by atoms with Crippen LogP contribution in [-0.2, 0) is 13.6 Å². The number of aliphatic imine (C=N–C) groups is 2. The Morgan fingerprint density at radius 2 is 1.82 bits per heavy atom. The molecule has 1 aliphatic rings. The van der Waals surface area contributed by atoms with Crippen LogP contribution in [0.3, 0.4) is 0 Å². The summed E-state index contributed by atoms with van der Waals surface area (Å²) in [5.41, 5.74) is 10.4. The van der Waals surface area contributed by atoms with E-state index in [-0.39, 0.29) is 5.91 Å².